The first-order chi connectivity index (χ1) is 6.90. The fourth-order valence-electron chi connectivity index (χ4n) is 0.908. The Bertz CT molecular complexity index is 229. The minimum Gasteiger partial charge on any atom is -0.392 e. The number of ether oxygens (including phenoxy) is 1. The molecule has 0 aliphatic carbocycles. The van der Waals surface area contributed by atoms with Crippen molar-refractivity contribution in [1.29, 1.82) is 0 Å². The molecule has 0 saturated heterocycles. The van der Waals surface area contributed by atoms with Crippen LogP contribution >= 0.6 is 0 Å². The van der Waals surface area contributed by atoms with Crippen LogP contribution in [-0.2, 0) is 14.3 Å². The summed E-state index contributed by atoms with van der Waals surface area (Å²) >= 11 is 0. The zero-order valence-electron chi connectivity index (χ0n) is 9.53. The van der Waals surface area contributed by atoms with Crippen molar-refractivity contribution < 1.29 is 14.3 Å². The van der Waals surface area contributed by atoms with Gasteiger partial charge in [0.05, 0.1) is 5.92 Å². The van der Waals surface area contributed by atoms with Crippen molar-refractivity contribution in [1.82, 2.24) is 0 Å². The molecule has 0 saturated carbocycles. The molecule has 2 atom stereocenters. The Hall–Kier alpha value is -0.940. The van der Waals surface area contributed by atoms with Gasteiger partial charge >= 0.3 is 11.9 Å². The minimum absolute atomic E-state index is 0.0462. The summed E-state index contributed by atoms with van der Waals surface area (Å²) in [5, 5.41) is 0. The molecule has 0 fully saturated rings. The van der Waals surface area contributed by atoms with E-state index in [0.29, 0.717) is 13.0 Å². The summed E-state index contributed by atoms with van der Waals surface area (Å²) in [6.07, 6.45) is 0.503. The lowest BCUT2D eigenvalue weighted by Crippen LogP contribution is -2.39. The number of carbonyl (C=O) groups is 2. The summed E-state index contributed by atoms with van der Waals surface area (Å²) in [5.74, 6) is -1.63. The van der Waals surface area contributed by atoms with Crippen LogP contribution in [0, 0.1) is 11.8 Å². The number of hydrogen-bond acceptors (Lipinski definition) is 5. The first-order valence-electron chi connectivity index (χ1n) is 5.11. The highest BCUT2D eigenvalue weighted by atomic mass is 16.6. The van der Waals surface area contributed by atoms with Gasteiger partial charge in [-0.25, -0.2) is 4.79 Å². The Morgan fingerprint density at radius 2 is 1.73 bits per heavy atom. The Morgan fingerprint density at radius 1 is 1.20 bits per heavy atom. The lowest BCUT2D eigenvalue weighted by atomic mass is 10.1. The molecule has 4 N–H and O–H groups in total. The van der Waals surface area contributed by atoms with Gasteiger partial charge in [0.1, 0.15) is 6.04 Å². The van der Waals surface area contributed by atoms with Crippen molar-refractivity contribution in [3.63, 3.8) is 0 Å². The Kier molecular flexibility index (Phi) is 6.12. The predicted molar refractivity (Wildman–Crippen MR) is 56.7 cm³/mol. The Balaban J connectivity index is 4.12. The van der Waals surface area contributed by atoms with Crippen molar-refractivity contribution >= 4 is 11.9 Å². The van der Waals surface area contributed by atoms with Gasteiger partial charge in [-0.3, -0.25) is 4.79 Å². The van der Waals surface area contributed by atoms with Crippen LogP contribution < -0.4 is 11.5 Å². The number of esters is 2. The summed E-state index contributed by atoms with van der Waals surface area (Å²) in [7, 11) is 0. The number of hydrogen-bond donors (Lipinski definition) is 2. The van der Waals surface area contributed by atoms with Gasteiger partial charge in [0.2, 0.25) is 0 Å². The highest BCUT2D eigenvalue weighted by molar-refractivity contribution is 5.89. The third-order valence-corrected chi connectivity index (χ3v) is 2.19. The van der Waals surface area contributed by atoms with Gasteiger partial charge in [0, 0.05) is 0 Å². The van der Waals surface area contributed by atoms with Crippen LogP contribution in [0.1, 0.15) is 27.2 Å². The van der Waals surface area contributed by atoms with Crippen molar-refractivity contribution in [2.45, 2.75) is 33.2 Å². The number of carbonyl (C=O) groups excluding carboxylic acids is 2. The molecule has 0 spiro atoms. The van der Waals surface area contributed by atoms with E-state index in [1.54, 1.807) is 20.8 Å². The van der Waals surface area contributed by atoms with E-state index in [-0.39, 0.29) is 11.8 Å². The second-order valence-corrected chi connectivity index (χ2v) is 3.99. The Labute approximate surface area is 90.1 Å². The molecular weight excluding hydrogens is 196 g/mol. The van der Waals surface area contributed by atoms with E-state index in [2.05, 4.69) is 4.74 Å². The quantitative estimate of drug-likeness (QED) is 0.499. The van der Waals surface area contributed by atoms with E-state index >= 15 is 0 Å². The standard InChI is InChI=1S/C10H20N2O3/c1-6(2)8(12)10(14)15-9(13)7(3)4-5-11/h6-8H,4-5,11-12H2,1-3H3/t7?,8-/m1/s1. The van der Waals surface area contributed by atoms with Crippen LogP contribution in [0.2, 0.25) is 0 Å². The highest BCUT2D eigenvalue weighted by Gasteiger charge is 2.24. The molecule has 0 rings (SSSR count). The van der Waals surface area contributed by atoms with Crippen molar-refractivity contribution in [2.24, 2.45) is 23.3 Å². The fraction of sp³-hybridized carbons (Fsp3) is 0.800. The lowest BCUT2D eigenvalue weighted by Gasteiger charge is -2.15. The van der Waals surface area contributed by atoms with Crippen LogP contribution in [0.25, 0.3) is 0 Å². The van der Waals surface area contributed by atoms with Crippen molar-refractivity contribution in [3.05, 3.63) is 0 Å². The summed E-state index contributed by atoms with van der Waals surface area (Å²) in [5.41, 5.74) is 10.8. The van der Waals surface area contributed by atoms with E-state index in [4.69, 9.17) is 11.5 Å². The predicted octanol–water partition coefficient (Wildman–Crippen LogP) is 0.0244. The van der Waals surface area contributed by atoms with Gasteiger partial charge in [0.25, 0.3) is 0 Å². The summed E-state index contributed by atoms with van der Waals surface area (Å²) in [4.78, 5) is 22.6. The van der Waals surface area contributed by atoms with E-state index in [1.807, 2.05) is 0 Å². The molecule has 15 heavy (non-hydrogen) atoms. The van der Waals surface area contributed by atoms with Gasteiger partial charge in [-0.15, -0.1) is 0 Å². The van der Waals surface area contributed by atoms with E-state index in [9.17, 15) is 9.59 Å². The monoisotopic (exact) mass is 216 g/mol. The smallest absolute Gasteiger partial charge is 0.330 e. The molecule has 5 nitrogen and oxygen atoms in total. The van der Waals surface area contributed by atoms with E-state index in [1.165, 1.54) is 0 Å². The first-order valence-corrected chi connectivity index (χ1v) is 5.11. The topological polar surface area (TPSA) is 95.4 Å². The average Bonchev–Trinajstić information content (AvgIpc) is 2.16. The molecule has 0 aromatic rings. The molecule has 1 unspecified atom stereocenters. The maximum Gasteiger partial charge on any atom is 0.330 e. The van der Waals surface area contributed by atoms with E-state index < -0.39 is 18.0 Å². The normalized spacial score (nSPS) is 14.8. The van der Waals surface area contributed by atoms with Gasteiger partial charge in [0.15, 0.2) is 0 Å². The molecule has 0 aromatic carbocycles. The summed E-state index contributed by atoms with van der Waals surface area (Å²) < 4.78 is 4.63. The van der Waals surface area contributed by atoms with E-state index in [0.717, 1.165) is 0 Å². The summed E-state index contributed by atoms with van der Waals surface area (Å²) in [6, 6.07) is -0.751. The molecule has 0 aliphatic rings. The molecule has 88 valence electrons. The molecule has 0 amide bonds. The second kappa shape index (κ2) is 6.53. The summed E-state index contributed by atoms with van der Waals surface area (Å²) in [6.45, 7) is 5.64. The molecule has 0 radical (unpaired) electrons. The van der Waals surface area contributed by atoms with Crippen LogP contribution in [0.3, 0.4) is 0 Å². The van der Waals surface area contributed by atoms with Gasteiger partial charge in [-0.2, -0.15) is 0 Å². The Morgan fingerprint density at radius 3 is 2.13 bits per heavy atom. The molecule has 5 heteroatoms. The SMILES string of the molecule is CC(CCN)C(=O)OC(=O)[C@H](N)C(C)C. The van der Waals surface area contributed by atoms with Crippen LogP contribution in [-0.4, -0.2) is 24.5 Å². The number of nitrogens with two attached hydrogens (primary N) is 2. The largest absolute Gasteiger partial charge is 0.392 e. The first kappa shape index (κ1) is 14.1. The maximum atomic E-state index is 11.3. The molecule has 0 aliphatic heterocycles. The molecule has 0 heterocycles. The zero-order valence-corrected chi connectivity index (χ0v) is 9.53. The van der Waals surface area contributed by atoms with Gasteiger partial charge < -0.3 is 16.2 Å². The van der Waals surface area contributed by atoms with Crippen LogP contribution in [0.4, 0.5) is 0 Å². The van der Waals surface area contributed by atoms with Crippen LogP contribution in [0.15, 0.2) is 0 Å². The average molecular weight is 216 g/mol. The number of rotatable bonds is 5. The van der Waals surface area contributed by atoms with Gasteiger partial charge in [-0.05, 0) is 18.9 Å². The van der Waals surface area contributed by atoms with Gasteiger partial charge in [-0.1, -0.05) is 20.8 Å². The van der Waals surface area contributed by atoms with Crippen molar-refractivity contribution in [3.8, 4) is 0 Å². The second-order valence-electron chi connectivity index (χ2n) is 3.99. The van der Waals surface area contributed by atoms with Crippen molar-refractivity contribution in [2.75, 3.05) is 6.54 Å². The lowest BCUT2D eigenvalue weighted by molar-refractivity contribution is -0.163. The molecule has 0 aromatic heterocycles. The molecule has 0 bridgehead atoms. The molecular formula is C10H20N2O3. The third-order valence-electron chi connectivity index (χ3n) is 2.19. The maximum absolute atomic E-state index is 11.3. The highest BCUT2D eigenvalue weighted by Crippen LogP contribution is 2.06. The minimum atomic E-state index is -0.751. The third kappa shape index (κ3) is 4.90. The van der Waals surface area contributed by atoms with Crippen LogP contribution in [0.5, 0.6) is 0 Å². The zero-order chi connectivity index (χ0) is 12.0. The fourth-order valence-corrected chi connectivity index (χ4v) is 0.908.